The molecule has 3 aromatic carbocycles. The Labute approximate surface area is 219 Å². The van der Waals surface area contributed by atoms with Crippen LogP contribution in [0, 0.1) is 0 Å². The number of nitrogens with zero attached hydrogens (tertiary/aromatic N) is 1. The van der Waals surface area contributed by atoms with E-state index in [9.17, 15) is 9.59 Å². The lowest BCUT2D eigenvalue weighted by molar-refractivity contribution is -0.141. The van der Waals surface area contributed by atoms with Crippen LogP contribution in [0.15, 0.2) is 84.9 Å². The van der Waals surface area contributed by atoms with Gasteiger partial charge in [-0.3, -0.25) is 9.59 Å². The Hall–Kier alpha value is -3.11. The van der Waals surface area contributed by atoms with E-state index in [4.69, 9.17) is 11.6 Å². The van der Waals surface area contributed by atoms with Gasteiger partial charge in [0.05, 0.1) is 0 Å². The summed E-state index contributed by atoms with van der Waals surface area (Å²) in [4.78, 5) is 29.0. The first-order valence-electron chi connectivity index (χ1n) is 13.0. The van der Waals surface area contributed by atoms with Crippen LogP contribution in [0.5, 0.6) is 0 Å². The molecule has 0 aliphatic heterocycles. The average molecular weight is 503 g/mol. The molecule has 5 heteroatoms. The van der Waals surface area contributed by atoms with Crippen LogP contribution in [-0.2, 0) is 16.1 Å². The molecule has 1 aliphatic carbocycles. The molecule has 3 aromatic rings. The van der Waals surface area contributed by atoms with E-state index in [-0.39, 0.29) is 30.2 Å². The molecule has 36 heavy (non-hydrogen) atoms. The van der Waals surface area contributed by atoms with Gasteiger partial charge in [0.15, 0.2) is 0 Å². The summed E-state index contributed by atoms with van der Waals surface area (Å²) in [6, 6.07) is 27.3. The zero-order valence-corrected chi connectivity index (χ0v) is 21.7. The van der Waals surface area contributed by atoms with Crippen molar-refractivity contribution in [3.8, 4) is 0 Å². The molecule has 4 rings (SSSR count). The number of hydrogen-bond donors (Lipinski definition) is 1. The zero-order valence-electron chi connectivity index (χ0n) is 20.9. The smallest absolute Gasteiger partial charge is 0.242 e. The zero-order chi connectivity index (χ0) is 25.3. The largest absolute Gasteiger partial charge is 0.352 e. The average Bonchev–Trinajstić information content (AvgIpc) is 2.92. The molecule has 2 amide bonds. The molecule has 0 heterocycles. The number of benzene rings is 3. The van der Waals surface area contributed by atoms with Crippen molar-refractivity contribution in [2.24, 2.45) is 0 Å². The molecule has 0 spiro atoms. The van der Waals surface area contributed by atoms with Gasteiger partial charge in [-0.1, -0.05) is 104 Å². The van der Waals surface area contributed by atoms with E-state index in [1.54, 1.807) is 4.90 Å². The van der Waals surface area contributed by atoms with Crippen molar-refractivity contribution < 1.29 is 9.59 Å². The summed E-state index contributed by atoms with van der Waals surface area (Å²) in [6.45, 7) is 2.19. The molecule has 0 bridgehead atoms. The van der Waals surface area contributed by atoms with Gasteiger partial charge in [0, 0.05) is 29.9 Å². The van der Waals surface area contributed by atoms with E-state index < -0.39 is 6.04 Å². The minimum atomic E-state index is -0.581. The van der Waals surface area contributed by atoms with Crippen molar-refractivity contribution in [1.29, 1.82) is 0 Å². The highest BCUT2D eigenvalue weighted by Crippen LogP contribution is 2.29. The maximum Gasteiger partial charge on any atom is 0.242 e. The Morgan fingerprint density at radius 3 is 1.97 bits per heavy atom. The molecule has 1 N–H and O–H groups in total. The van der Waals surface area contributed by atoms with Gasteiger partial charge in [-0.25, -0.2) is 0 Å². The second kappa shape index (κ2) is 12.7. The topological polar surface area (TPSA) is 49.4 Å². The van der Waals surface area contributed by atoms with Gasteiger partial charge < -0.3 is 10.2 Å². The highest BCUT2D eigenvalue weighted by molar-refractivity contribution is 6.30. The highest BCUT2D eigenvalue weighted by Gasteiger charge is 2.30. The maximum atomic E-state index is 13.9. The monoisotopic (exact) mass is 502 g/mol. The Balaban J connectivity index is 1.58. The second-order valence-corrected chi connectivity index (χ2v) is 10.2. The van der Waals surface area contributed by atoms with E-state index in [2.05, 4.69) is 29.6 Å². The number of rotatable bonds is 9. The van der Waals surface area contributed by atoms with Gasteiger partial charge in [-0.2, -0.15) is 0 Å². The fourth-order valence-corrected chi connectivity index (χ4v) is 5.15. The van der Waals surface area contributed by atoms with Crippen molar-refractivity contribution in [2.75, 3.05) is 0 Å². The third-order valence-electron chi connectivity index (χ3n) is 7.17. The second-order valence-electron chi connectivity index (χ2n) is 9.75. The molecule has 1 aliphatic rings. The lowest BCUT2D eigenvalue weighted by atomic mass is 9.88. The minimum absolute atomic E-state index is 0.0473. The molecular formula is C31H35ClN2O2. The molecule has 4 nitrogen and oxygen atoms in total. The lowest BCUT2D eigenvalue weighted by Crippen LogP contribution is -2.50. The first-order valence-corrected chi connectivity index (χ1v) is 13.3. The predicted molar refractivity (Wildman–Crippen MR) is 146 cm³/mol. The summed E-state index contributed by atoms with van der Waals surface area (Å²) >= 11 is 6.09. The maximum absolute atomic E-state index is 13.9. The number of nitrogens with one attached hydrogen (secondary N) is 1. The quantitative estimate of drug-likeness (QED) is 0.352. The Kier molecular flexibility index (Phi) is 9.18. The van der Waals surface area contributed by atoms with E-state index in [0.29, 0.717) is 11.6 Å². The van der Waals surface area contributed by atoms with Crippen molar-refractivity contribution in [2.45, 2.75) is 70.0 Å². The van der Waals surface area contributed by atoms with Gasteiger partial charge in [0.2, 0.25) is 11.8 Å². The van der Waals surface area contributed by atoms with Crippen LogP contribution in [0.2, 0.25) is 5.02 Å². The number of amides is 2. The van der Waals surface area contributed by atoms with Crippen LogP contribution in [-0.4, -0.2) is 28.8 Å². The molecule has 0 saturated heterocycles. The fourth-order valence-electron chi connectivity index (χ4n) is 5.03. The predicted octanol–water partition coefficient (Wildman–Crippen LogP) is 6.73. The molecule has 0 aromatic heterocycles. The third kappa shape index (κ3) is 6.98. The van der Waals surface area contributed by atoms with Gasteiger partial charge >= 0.3 is 0 Å². The van der Waals surface area contributed by atoms with Crippen molar-refractivity contribution in [3.63, 3.8) is 0 Å². The summed E-state index contributed by atoms with van der Waals surface area (Å²) in [5.74, 6) is -0.227. The van der Waals surface area contributed by atoms with Crippen molar-refractivity contribution in [3.05, 3.63) is 107 Å². The molecule has 1 saturated carbocycles. The van der Waals surface area contributed by atoms with Crippen molar-refractivity contribution in [1.82, 2.24) is 10.2 Å². The van der Waals surface area contributed by atoms with E-state index in [0.717, 1.165) is 42.4 Å². The number of halogens is 1. The van der Waals surface area contributed by atoms with Gasteiger partial charge in [0.25, 0.3) is 0 Å². The summed E-state index contributed by atoms with van der Waals surface area (Å²) < 4.78 is 0. The Morgan fingerprint density at radius 2 is 1.42 bits per heavy atom. The first kappa shape index (κ1) is 26.0. The van der Waals surface area contributed by atoms with Gasteiger partial charge in [-0.05, 0) is 48.6 Å². The molecule has 1 fully saturated rings. The molecule has 1 unspecified atom stereocenters. The minimum Gasteiger partial charge on any atom is -0.352 e. The van der Waals surface area contributed by atoms with Crippen LogP contribution >= 0.6 is 11.6 Å². The van der Waals surface area contributed by atoms with Crippen LogP contribution in [0.3, 0.4) is 0 Å². The van der Waals surface area contributed by atoms with Crippen molar-refractivity contribution >= 4 is 23.4 Å². The normalized spacial score (nSPS) is 14.9. The van der Waals surface area contributed by atoms with E-state index in [1.165, 1.54) is 6.42 Å². The first-order chi connectivity index (χ1) is 17.5. The van der Waals surface area contributed by atoms with Crippen LogP contribution < -0.4 is 5.32 Å². The number of carbonyl (C=O) groups excluding carboxylic acids is 2. The Morgan fingerprint density at radius 1 is 0.861 bits per heavy atom. The Bertz CT molecular complexity index is 1070. The van der Waals surface area contributed by atoms with Crippen LogP contribution in [0.25, 0.3) is 0 Å². The summed E-state index contributed by atoms with van der Waals surface area (Å²) in [7, 11) is 0. The number of carbonyl (C=O) groups is 2. The molecule has 1 atom stereocenters. The van der Waals surface area contributed by atoms with E-state index in [1.807, 2.05) is 67.6 Å². The third-order valence-corrected chi connectivity index (χ3v) is 7.42. The SMILES string of the molecule is CC(C(=O)NC1CCCCC1)N(Cc1ccc(Cl)cc1)C(=O)CC(c1ccccc1)c1ccccc1. The molecule has 0 radical (unpaired) electrons. The highest BCUT2D eigenvalue weighted by atomic mass is 35.5. The fraction of sp³-hybridized carbons (Fsp3) is 0.355. The molecule has 188 valence electrons. The van der Waals surface area contributed by atoms with E-state index >= 15 is 0 Å². The summed E-state index contributed by atoms with van der Waals surface area (Å²) in [5.41, 5.74) is 3.12. The van der Waals surface area contributed by atoms with Crippen LogP contribution in [0.4, 0.5) is 0 Å². The molecular weight excluding hydrogens is 468 g/mol. The van der Waals surface area contributed by atoms with Gasteiger partial charge in [-0.15, -0.1) is 0 Å². The summed E-state index contributed by atoms with van der Waals surface area (Å²) in [5, 5.41) is 3.86. The lowest BCUT2D eigenvalue weighted by Gasteiger charge is -2.32. The number of hydrogen-bond acceptors (Lipinski definition) is 2. The standard InChI is InChI=1S/C31H35ClN2O2/c1-23(31(36)33-28-15-9-4-10-16-28)34(22-24-17-19-27(32)20-18-24)30(35)21-29(25-11-5-2-6-12-25)26-13-7-3-8-14-26/h2-3,5-8,11-14,17-20,23,28-29H,4,9-10,15-16,21-22H2,1H3,(H,33,36). The van der Waals surface area contributed by atoms with Gasteiger partial charge in [0.1, 0.15) is 6.04 Å². The summed E-state index contributed by atoms with van der Waals surface area (Å²) in [6.07, 6.45) is 5.80. The van der Waals surface area contributed by atoms with Crippen LogP contribution in [0.1, 0.15) is 68.1 Å².